The highest BCUT2D eigenvalue weighted by Crippen LogP contribution is 2.32. The van der Waals surface area contributed by atoms with Crippen molar-refractivity contribution in [2.45, 2.75) is 31.9 Å². The van der Waals surface area contributed by atoms with E-state index in [0.29, 0.717) is 12.5 Å². The second-order valence-corrected chi connectivity index (χ2v) is 5.22. The number of hydrogen-bond donors (Lipinski definition) is 2. The van der Waals surface area contributed by atoms with Gasteiger partial charge in [-0.15, -0.1) is 0 Å². The number of benzene rings is 1. The lowest BCUT2D eigenvalue weighted by atomic mass is 10.2. The van der Waals surface area contributed by atoms with Crippen LogP contribution in [0.4, 0.5) is 0 Å². The number of hydrogen-bond acceptors (Lipinski definition) is 3. The SMILES string of the molecule is CC(NCC(O)C1CC1)c1cc2ccccc2o1. The van der Waals surface area contributed by atoms with Gasteiger partial charge in [-0.25, -0.2) is 0 Å². The van der Waals surface area contributed by atoms with Crippen LogP contribution >= 0.6 is 0 Å². The molecule has 96 valence electrons. The van der Waals surface area contributed by atoms with Crippen LogP contribution in [0.5, 0.6) is 0 Å². The topological polar surface area (TPSA) is 45.4 Å². The van der Waals surface area contributed by atoms with Gasteiger partial charge in [0.05, 0.1) is 12.1 Å². The summed E-state index contributed by atoms with van der Waals surface area (Å²) in [5, 5.41) is 14.3. The molecular weight excluding hydrogens is 226 g/mol. The first kappa shape index (κ1) is 11.8. The van der Waals surface area contributed by atoms with Gasteiger partial charge in [0.2, 0.25) is 0 Å². The van der Waals surface area contributed by atoms with Gasteiger partial charge in [-0.05, 0) is 37.8 Å². The molecule has 2 unspecified atom stereocenters. The molecule has 1 fully saturated rings. The number of aliphatic hydroxyl groups is 1. The highest BCUT2D eigenvalue weighted by Gasteiger charge is 2.29. The van der Waals surface area contributed by atoms with Gasteiger partial charge in [0.25, 0.3) is 0 Å². The van der Waals surface area contributed by atoms with Crippen molar-refractivity contribution >= 4 is 11.0 Å². The Balaban J connectivity index is 1.65. The lowest BCUT2D eigenvalue weighted by Crippen LogP contribution is -2.30. The van der Waals surface area contributed by atoms with E-state index in [0.717, 1.165) is 16.7 Å². The van der Waals surface area contributed by atoms with E-state index in [4.69, 9.17) is 4.42 Å². The van der Waals surface area contributed by atoms with Gasteiger partial charge in [-0.2, -0.15) is 0 Å². The minimum absolute atomic E-state index is 0.130. The maximum atomic E-state index is 9.83. The summed E-state index contributed by atoms with van der Waals surface area (Å²) in [5.74, 6) is 1.44. The van der Waals surface area contributed by atoms with Gasteiger partial charge in [0, 0.05) is 11.9 Å². The van der Waals surface area contributed by atoms with Crippen molar-refractivity contribution in [3.63, 3.8) is 0 Å². The summed E-state index contributed by atoms with van der Waals surface area (Å²) in [6.45, 7) is 2.71. The van der Waals surface area contributed by atoms with Crippen molar-refractivity contribution in [3.05, 3.63) is 36.1 Å². The maximum Gasteiger partial charge on any atom is 0.134 e. The first-order valence-corrected chi connectivity index (χ1v) is 6.64. The monoisotopic (exact) mass is 245 g/mol. The first-order chi connectivity index (χ1) is 8.74. The third-order valence-corrected chi connectivity index (χ3v) is 3.67. The molecule has 0 amide bonds. The number of furan rings is 1. The zero-order valence-electron chi connectivity index (χ0n) is 10.6. The normalized spacial score (nSPS) is 19.0. The number of fused-ring (bicyclic) bond motifs is 1. The van der Waals surface area contributed by atoms with E-state index in [1.807, 2.05) is 24.3 Å². The number of para-hydroxylation sites is 1. The molecule has 1 heterocycles. The van der Waals surface area contributed by atoms with Crippen LogP contribution < -0.4 is 5.32 Å². The Kier molecular flexibility index (Phi) is 3.10. The van der Waals surface area contributed by atoms with E-state index >= 15 is 0 Å². The van der Waals surface area contributed by atoms with Crippen LogP contribution in [0.3, 0.4) is 0 Å². The third-order valence-electron chi connectivity index (χ3n) is 3.67. The van der Waals surface area contributed by atoms with Gasteiger partial charge in [0.15, 0.2) is 0 Å². The molecular formula is C15H19NO2. The van der Waals surface area contributed by atoms with Crippen LogP contribution in [-0.2, 0) is 0 Å². The lowest BCUT2D eigenvalue weighted by molar-refractivity contribution is 0.144. The van der Waals surface area contributed by atoms with Crippen LogP contribution in [-0.4, -0.2) is 17.8 Å². The Morgan fingerprint density at radius 1 is 1.39 bits per heavy atom. The van der Waals surface area contributed by atoms with Gasteiger partial charge in [-0.3, -0.25) is 0 Å². The van der Waals surface area contributed by atoms with E-state index in [-0.39, 0.29) is 12.1 Å². The number of rotatable bonds is 5. The first-order valence-electron chi connectivity index (χ1n) is 6.64. The largest absolute Gasteiger partial charge is 0.459 e. The molecule has 0 saturated heterocycles. The number of nitrogens with one attached hydrogen (secondary N) is 1. The predicted octanol–water partition coefficient (Wildman–Crippen LogP) is 2.85. The van der Waals surface area contributed by atoms with Crippen LogP contribution in [0.15, 0.2) is 34.7 Å². The zero-order chi connectivity index (χ0) is 12.5. The molecule has 0 radical (unpaired) electrons. The third kappa shape index (κ3) is 2.42. The minimum Gasteiger partial charge on any atom is -0.459 e. The van der Waals surface area contributed by atoms with E-state index in [1.54, 1.807) is 0 Å². The van der Waals surface area contributed by atoms with E-state index in [2.05, 4.69) is 18.3 Å². The van der Waals surface area contributed by atoms with Crippen LogP contribution in [0.2, 0.25) is 0 Å². The molecule has 1 aliphatic carbocycles. The van der Waals surface area contributed by atoms with Gasteiger partial charge < -0.3 is 14.8 Å². The highest BCUT2D eigenvalue weighted by atomic mass is 16.3. The maximum absolute atomic E-state index is 9.83. The fraction of sp³-hybridized carbons (Fsp3) is 0.467. The Labute approximate surface area is 107 Å². The molecule has 1 aliphatic rings. The zero-order valence-corrected chi connectivity index (χ0v) is 10.6. The minimum atomic E-state index is -0.211. The average Bonchev–Trinajstić information content (AvgIpc) is 3.14. The van der Waals surface area contributed by atoms with Crippen LogP contribution in [0, 0.1) is 5.92 Å². The van der Waals surface area contributed by atoms with E-state index in [9.17, 15) is 5.11 Å². The number of aliphatic hydroxyl groups excluding tert-OH is 1. The quantitative estimate of drug-likeness (QED) is 0.851. The molecule has 3 heteroatoms. The summed E-state index contributed by atoms with van der Waals surface area (Å²) in [6, 6.07) is 10.2. The molecule has 3 rings (SSSR count). The smallest absolute Gasteiger partial charge is 0.134 e. The highest BCUT2D eigenvalue weighted by molar-refractivity contribution is 5.77. The Morgan fingerprint density at radius 2 is 2.17 bits per heavy atom. The molecule has 1 aromatic heterocycles. The summed E-state index contributed by atoms with van der Waals surface area (Å²) < 4.78 is 5.79. The van der Waals surface area contributed by atoms with Crippen molar-refractivity contribution in [3.8, 4) is 0 Å². The van der Waals surface area contributed by atoms with Crippen molar-refractivity contribution in [2.24, 2.45) is 5.92 Å². The summed E-state index contributed by atoms with van der Waals surface area (Å²) in [4.78, 5) is 0. The Hall–Kier alpha value is -1.32. The van der Waals surface area contributed by atoms with Crippen molar-refractivity contribution < 1.29 is 9.52 Å². The standard InChI is InChI=1S/C15H19NO2/c1-10(16-9-13(17)11-6-7-11)15-8-12-4-2-3-5-14(12)18-15/h2-5,8,10-11,13,16-17H,6-7,9H2,1H3. The molecule has 18 heavy (non-hydrogen) atoms. The molecule has 0 spiro atoms. The molecule has 1 saturated carbocycles. The van der Waals surface area contributed by atoms with Crippen LogP contribution in [0.1, 0.15) is 31.6 Å². The summed E-state index contributed by atoms with van der Waals surface area (Å²) in [6.07, 6.45) is 2.13. The van der Waals surface area contributed by atoms with Gasteiger partial charge in [-0.1, -0.05) is 18.2 Å². The van der Waals surface area contributed by atoms with Crippen molar-refractivity contribution in [1.29, 1.82) is 0 Å². The molecule has 3 nitrogen and oxygen atoms in total. The summed E-state index contributed by atoms with van der Waals surface area (Å²) in [7, 11) is 0. The van der Waals surface area contributed by atoms with Gasteiger partial charge >= 0.3 is 0 Å². The summed E-state index contributed by atoms with van der Waals surface area (Å²) in [5.41, 5.74) is 0.920. The molecule has 2 atom stereocenters. The molecule has 0 bridgehead atoms. The van der Waals surface area contributed by atoms with Gasteiger partial charge in [0.1, 0.15) is 11.3 Å². The fourth-order valence-electron chi connectivity index (χ4n) is 2.26. The van der Waals surface area contributed by atoms with E-state index < -0.39 is 0 Å². The second-order valence-electron chi connectivity index (χ2n) is 5.22. The molecule has 1 aromatic carbocycles. The summed E-state index contributed by atoms with van der Waals surface area (Å²) >= 11 is 0. The Bertz CT molecular complexity index is 497. The average molecular weight is 245 g/mol. The van der Waals surface area contributed by atoms with E-state index in [1.165, 1.54) is 12.8 Å². The molecule has 2 N–H and O–H groups in total. The van der Waals surface area contributed by atoms with Crippen molar-refractivity contribution in [1.82, 2.24) is 5.32 Å². The predicted molar refractivity (Wildman–Crippen MR) is 71.4 cm³/mol. The van der Waals surface area contributed by atoms with Crippen molar-refractivity contribution in [2.75, 3.05) is 6.54 Å². The molecule has 2 aromatic rings. The Morgan fingerprint density at radius 3 is 2.89 bits per heavy atom. The van der Waals surface area contributed by atoms with Crippen LogP contribution in [0.25, 0.3) is 11.0 Å². The molecule has 0 aliphatic heterocycles. The second kappa shape index (κ2) is 4.75. The lowest BCUT2D eigenvalue weighted by Gasteiger charge is -2.14. The fourth-order valence-corrected chi connectivity index (χ4v) is 2.26.